The minimum absolute atomic E-state index is 0.0526. The van der Waals surface area contributed by atoms with Gasteiger partial charge in [0.2, 0.25) is 5.78 Å². The zero-order chi connectivity index (χ0) is 27.8. The summed E-state index contributed by atoms with van der Waals surface area (Å²) in [6, 6.07) is 18.4. The molecule has 8 heteroatoms. The summed E-state index contributed by atoms with van der Waals surface area (Å²) in [6.45, 7) is 6.51. The van der Waals surface area contributed by atoms with Crippen LogP contribution in [0.5, 0.6) is 11.5 Å². The molecular weight excluding hydrogens is 518 g/mol. The lowest BCUT2D eigenvalue weighted by atomic mass is 9.94. The summed E-state index contributed by atoms with van der Waals surface area (Å²) in [4.78, 5) is 28.9. The fourth-order valence-corrected chi connectivity index (χ4v) is 4.93. The number of furan rings is 1. The number of halogens is 1. The van der Waals surface area contributed by atoms with Gasteiger partial charge in [-0.3, -0.25) is 14.5 Å². The van der Waals surface area contributed by atoms with Crippen LogP contribution in [0.4, 0.5) is 5.69 Å². The maximum absolute atomic E-state index is 14.0. The fourth-order valence-electron chi connectivity index (χ4n) is 4.72. The summed E-state index contributed by atoms with van der Waals surface area (Å²) in [5, 5.41) is 12.1. The molecule has 0 bridgehead atoms. The number of aliphatic hydroxyl groups excluding tert-OH is 1. The minimum Gasteiger partial charge on any atom is -0.503 e. The Hall–Kier alpha value is -4.23. The molecule has 1 aliphatic heterocycles. The van der Waals surface area contributed by atoms with Crippen molar-refractivity contribution in [3.63, 3.8) is 0 Å². The molecule has 2 heterocycles. The summed E-state index contributed by atoms with van der Waals surface area (Å²) in [5.41, 5.74) is 2.33. The lowest BCUT2D eigenvalue weighted by Crippen LogP contribution is -2.31. The summed E-state index contributed by atoms with van der Waals surface area (Å²) in [6.07, 6.45) is 0. The van der Waals surface area contributed by atoms with Crippen molar-refractivity contribution in [1.82, 2.24) is 0 Å². The molecule has 0 fully saturated rings. The number of Topliss-reactive ketones (excluding diaryl/α,β-unsaturated/α-hetero) is 1. The highest BCUT2D eigenvalue weighted by Crippen LogP contribution is 2.43. The fraction of sp³-hybridized carbons (Fsp3) is 0.226. The second-order valence-electron chi connectivity index (χ2n) is 9.92. The number of aryl methyl sites for hydroxylation is 1. The van der Waals surface area contributed by atoms with Crippen molar-refractivity contribution < 1.29 is 28.6 Å². The number of rotatable bonds is 8. The molecule has 1 aromatic heterocycles. The lowest BCUT2D eigenvalue weighted by Gasteiger charge is -2.27. The Morgan fingerprint density at radius 2 is 1.87 bits per heavy atom. The molecule has 5 rings (SSSR count). The van der Waals surface area contributed by atoms with E-state index in [0.29, 0.717) is 51.3 Å². The number of anilines is 1. The number of hydrogen-bond acceptors (Lipinski definition) is 6. The molecule has 0 saturated carbocycles. The van der Waals surface area contributed by atoms with Gasteiger partial charge in [0.05, 0.1) is 25.3 Å². The van der Waals surface area contributed by atoms with E-state index in [1.54, 1.807) is 36.4 Å². The van der Waals surface area contributed by atoms with Crippen molar-refractivity contribution in [2.75, 3.05) is 18.6 Å². The van der Waals surface area contributed by atoms with Gasteiger partial charge >= 0.3 is 0 Å². The smallest absolute Gasteiger partial charge is 0.294 e. The van der Waals surface area contributed by atoms with E-state index in [4.69, 9.17) is 25.5 Å². The van der Waals surface area contributed by atoms with Crippen LogP contribution in [0, 0.1) is 12.8 Å². The maximum atomic E-state index is 14.0. The number of nitrogens with zero attached hydrogens (tertiary/aromatic N) is 1. The number of ether oxygens (including phenoxy) is 2. The predicted molar refractivity (Wildman–Crippen MR) is 150 cm³/mol. The molecule has 200 valence electrons. The third-order valence-electron chi connectivity index (χ3n) is 6.48. The minimum atomic E-state index is -0.923. The Labute approximate surface area is 231 Å². The number of fused-ring (bicyclic) bond motifs is 1. The van der Waals surface area contributed by atoms with E-state index in [0.717, 1.165) is 5.56 Å². The largest absolute Gasteiger partial charge is 0.503 e. The first kappa shape index (κ1) is 26.4. The highest BCUT2D eigenvalue weighted by atomic mass is 35.5. The van der Waals surface area contributed by atoms with Gasteiger partial charge in [0.1, 0.15) is 5.75 Å². The number of ketones is 1. The standard InChI is InChI=1S/C31H28ClNO6/c1-17(2)16-38-23-10-6-8-19(13-23)27-26(29(35)31(36)33(27)22-9-5-7-18(3)11-22)28(34)24-14-20-12-21(32)15-25(37-4)30(20)39-24/h5-15,17,27,35H,16H2,1-4H3. The van der Waals surface area contributed by atoms with Crippen molar-refractivity contribution in [2.24, 2.45) is 5.92 Å². The van der Waals surface area contributed by atoms with Gasteiger partial charge in [0.25, 0.3) is 5.91 Å². The van der Waals surface area contributed by atoms with Gasteiger partial charge in [-0.1, -0.05) is 49.7 Å². The average molecular weight is 546 g/mol. The van der Waals surface area contributed by atoms with Crippen LogP contribution >= 0.6 is 11.6 Å². The zero-order valence-corrected chi connectivity index (χ0v) is 22.8. The van der Waals surface area contributed by atoms with E-state index in [1.165, 1.54) is 18.1 Å². The summed E-state index contributed by atoms with van der Waals surface area (Å²) in [7, 11) is 1.48. The van der Waals surface area contributed by atoms with E-state index in [9.17, 15) is 14.7 Å². The van der Waals surface area contributed by atoms with Crippen molar-refractivity contribution >= 4 is 39.9 Å². The van der Waals surface area contributed by atoms with Crippen molar-refractivity contribution in [3.8, 4) is 11.5 Å². The molecular formula is C31H28ClNO6. The normalized spacial score (nSPS) is 15.5. The van der Waals surface area contributed by atoms with Crippen LogP contribution in [-0.2, 0) is 4.79 Å². The Bertz CT molecular complexity index is 1620. The molecule has 0 radical (unpaired) electrons. The molecule has 1 atom stereocenters. The summed E-state index contributed by atoms with van der Waals surface area (Å²) < 4.78 is 17.2. The first-order chi connectivity index (χ1) is 18.7. The van der Waals surface area contributed by atoms with Crippen molar-refractivity contribution in [2.45, 2.75) is 26.8 Å². The number of amides is 1. The molecule has 7 nitrogen and oxygen atoms in total. The second-order valence-corrected chi connectivity index (χ2v) is 10.4. The Kier molecular flexibility index (Phi) is 7.10. The number of methoxy groups -OCH3 is 1. The van der Waals surface area contributed by atoms with E-state index in [1.807, 2.05) is 45.0 Å². The van der Waals surface area contributed by atoms with E-state index in [-0.39, 0.29) is 11.3 Å². The van der Waals surface area contributed by atoms with Gasteiger partial charge in [0.15, 0.2) is 22.9 Å². The molecule has 0 saturated heterocycles. The molecule has 3 aromatic carbocycles. The lowest BCUT2D eigenvalue weighted by molar-refractivity contribution is -0.117. The monoisotopic (exact) mass is 545 g/mol. The highest BCUT2D eigenvalue weighted by Gasteiger charge is 2.45. The number of carbonyl (C=O) groups excluding carboxylic acids is 2. The Morgan fingerprint density at radius 1 is 1.10 bits per heavy atom. The van der Waals surface area contributed by atoms with E-state index in [2.05, 4.69) is 0 Å². The predicted octanol–water partition coefficient (Wildman–Crippen LogP) is 7.22. The van der Waals surface area contributed by atoms with E-state index < -0.39 is 23.5 Å². The Balaban J connectivity index is 1.64. The summed E-state index contributed by atoms with van der Waals surface area (Å²) >= 11 is 6.20. The van der Waals surface area contributed by atoms with Crippen LogP contribution in [0.15, 0.2) is 82.5 Å². The molecule has 0 aliphatic carbocycles. The number of carbonyl (C=O) groups is 2. The summed E-state index contributed by atoms with van der Waals surface area (Å²) in [5.74, 6) is -0.716. The number of benzene rings is 3. The molecule has 39 heavy (non-hydrogen) atoms. The molecule has 1 unspecified atom stereocenters. The van der Waals surface area contributed by atoms with Crippen LogP contribution in [0.2, 0.25) is 5.02 Å². The Morgan fingerprint density at radius 3 is 2.59 bits per heavy atom. The number of aliphatic hydroxyl groups is 1. The van der Waals surface area contributed by atoms with E-state index >= 15 is 0 Å². The molecule has 1 amide bonds. The molecule has 4 aromatic rings. The SMILES string of the molecule is COc1cc(Cl)cc2cc(C(=O)C3=C(O)C(=O)N(c4cccc(C)c4)C3c3cccc(OCC(C)C)c3)oc12. The van der Waals surface area contributed by atoms with Crippen molar-refractivity contribution in [1.29, 1.82) is 0 Å². The molecule has 1 aliphatic rings. The molecule has 0 spiro atoms. The van der Waals surface area contributed by atoms with Crippen LogP contribution in [-0.4, -0.2) is 30.5 Å². The van der Waals surface area contributed by atoms with Crippen molar-refractivity contribution in [3.05, 3.63) is 100.0 Å². The molecule has 1 N–H and O–H groups in total. The van der Waals surface area contributed by atoms with Gasteiger partial charge in [-0.05, 0) is 60.4 Å². The second kappa shape index (κ2) is 10.5. The zero-order valence-electron chi connectivity index (χ0n) is 22.0. The van der Waals surface area contributed by atoms with Gasteiger partial charge in [-0.15, -0.1) is 0 Å². The maximum Gasteiger partial charge on any atom is 0.294 e. The third kappa shape index (κ3) is 4.98. The van der Waals surface area contributed by atoms with Crippen LogP contribution in [0.3, 0.4) is 0 Å². The van der Waals surface area contributed by atoms with Gasteiger partial charge < -0.3 is 19.0 Å². The van der Waals surface area contributed by atoms with Crippen LogP contribution in [0.1, 0.15) is 41.6 Å². The first-order valence-corrected chi connectivity index (χ1v) is 12.9. The third-order valence-corrected chi connectivity index (χ3v) is 6.70. The van der Waals surface area contributed by atoms with Crippen LogP contribution in [0.25, 0.3) is 11.0 Å². The van der Waals surface area contributed by atoms with Gasteiger partial charge in [-0.2, -0.15) is 0 Å². The van der Waals surface area contributed by atoms with Gasteiger partial charge in [-0.25, -0.2) is 0 Å². The number of hydrogen-bond donors (Lipinski definition) is 1. The first-order valence-electron chi connectivity index (χ1n) is 12.6. The average Bonchev–Trinajstić information content (AvgIpc) is 3.45. The van der Waals surface area contributed by atoms with Crippen LogP contribution < -0.4 is 14.4 Å². The quantitative estimate of drug-likeness (QED) is 0.235. The van der Waals surface area contributed by atoms with Gasteiger partial charge in [0, 0.05) is 22.2 Å². The highest BCUT2D eigenvalue weighted by molar-refractivity contribution is 6.31. The topological polar surface area (TPSA) is 89.2 Å².